The fourth-order valence-electron chi connectivity index (χ4n) is 3.07. The van der Waals surface area contributed by atoms with E-state index in [2.05, 4.69) is 0 Å². The van der Waals surface area contributed by atoms with Gasteiger partial charge in [-0.2, -0.15) is 4.31 Å². The van der Waals surface area contributed by atoms with Crippen molar-refractivity contribution in [3.63, 3.8) is 0 Å². The molecule has 1 fully saturated rings. The Morgan fingerprint density at radius 2 is 1.81 bits per heavy atom. The van der Waals surface area contributed by atoms with Gasteiger partial charge in [0.15, 0.2) is 0 Å². The summed E-state index contributed by atoms with van der Waals surface area (Å²) in [7, 11) is -1.90. The molecule has 1 heterocycles. The van der Waals surface area contributed by atoms with Crippen molar-refractivity contribution in [2.24, 2.45) is 5.92 Å². The van der Waals surface area contributed by atoms with Crippen LogP contribution in [0.2, 0.25) is 0 Å². The van der Waals surface area contributed by atoms with Gasteiger partial charge in [-0.1, -0.05) is 24.6 Å². The van der Waals surface area contributed by atoms with E-state index < -0.39 is 21.7 Å². The van der Waals surface area contributed by atoms with Crippen LogP contribution in [0.4, 0.5) is 4.79 Å². The van der Waals surface area contributed by atoms with E-state index in [4.69, 9.17) is 4.74 Å². The minimum absolute atomic E-state index is 0.192. The molecule has 0 saturated carbocycles. The largest absolute Gasteiger partial charge is 0.444 e. The number of sulfonamides is 1. The maximum absolute atomic E-state index is 13.0. The van der Waals surface area contributed by atoms with Crippen LogP contribution < -0.4 is 0 Å². The third-order valence-corrected chi connectivity index (χ3v) is 6.60. The number of rotatable bonds is 3. The third-order valence-electron chi connectivity index (χ3n) is 4.72. The minimum Gasteiger partial charge on any atom is -0.444 e. The lowest BCUT2D eigenvalue weighted by molar-refractivity contribution is 0.0104. The molecule has 1 aromatic carbocycles. The summed E-state index contributed by atoms with van der Waals surface area (Å²) in [6.45, 7) is 10.1. The molecule has 2 rings (SSSR count). The molecule has 7 heteroatoms. The number of aryl methyl sites for hydroxylation is 1. The molecule has 1 aliphatic heterocycles. The molecule has 0 aliphatic carbocycles. The van der Waals surface area contributed by atoms with Crippen molar-refractivity contribution >= 4 is 16.1 Å². The van der Waals surface area contributed by atoms with Crippen LogP contribution in [0, 0.1) is 12.8 Å². The van der Waals surface area contributed by atoms with Crippen molar-refractivity contribution in [2.75, 3.05) is 20.1 Å². The van der Waals surface area contributed by atoms with Gasteiger partial charge in [0.2, 0.25) is 10.0 Å². The van der Waals surface area contributed by atoms with Crippen molar-refractivity contribution in [1.82, 2.24) is 9.21 Å². The number of carbonyl (C=O) groups is 1. The van der Waals surface area contributed by atoms with Crippen molar-refractivity contribution in [3.8, 4) is 0 Å². The van der Waals surface area contributed by atoms with E-state index in [1.54, 1.807) is 31.3 Å². The second-order valence-corrected chi connectivity index (χ2v) is 10.0. The standard InChI is InChI=1S/C19H30N2O4S/c1-14-7-9-16(10-8-14)26(23,24)21-12-11-15(2)17(13-21)20(6)18(22)25-19(3,4)5/h7-10,15,17H,11-13H2,1-6H3/t15-,17+/m1/s1. The van der Waals surface area contributed by atoms with Gasteiger partial charge in [0, 0.05) is 20.1 Å². The van der Waals surface area contributed by atoms with Crippen LogP contribution in [0.15, 0.2) is 29.2 Å². The van der Waals surface area contributed by atoms with E-state index in [0.717, 1.165) is 5.56 Å². The molecule has 0 unspecified atom stereocenters. The van der Waals surface area contributed by atoms with E-state index in [-0.39, 0.29) is 23.4 Å². The summed E-state index contributed by atoms with van der Waals surface area (Å²) >= 11 is 0. The maximum Gasteiger partial charge on any atom is 0.410 e. The van der Waals surface area contributed by atoms with E-state index in [1.807, 2.05) is 34.6 Å². The summed E-state index contributed by atoms with van der Waals surface area (Å²) in [5, 5.41) is 0. The Morgan fingerprint density at radius 3 is 2.35 bits per heavy atom. The average molecular weight is 383 g/mol. The van der Waals surface area contributed by atoms with Gasteiger partial charge >= 0.3 is 6.09 Å². The minimum atomic E-state index is -3.57. The van der Waals surface area contributed by atoms with Gasteiger partial charge in [-0.05, 0) is 52.2 Å². The molecule has 0 aromatic heterocycles. The zero-order valence-corrected chi connectivity index (χ0v) is 17.3. The Kier molecular flexibility index (Phi) is 6.02. The zero-order chi connectivity index (χ0) is 19.7. The second-order valence-electron chi connectivity index (χ2n) is 8.10. The van der Waals surface area contributed by atoms with E-state index in [1.165, 1.54) is 9.21 Å². The average Bonchev–Trinajstić information content (AvgIpc) is 2.53. The number of ether oxygens (including phenoxy) is 1. The molecular formula is C19H30N2O4S. The SMILES string of the molecule is Cc1ccc(S(=O)(=O)N2CC[C@@H](C)[C@@H](N(C)C(=O)OC(C)(C)C)C2)cc1. The van der Waals surface area contributed by atoms with Crippen molar-refractivity contribution in [3.05, 3.63) is 29.8 Å². The smallest absolute Gasteiger partial charge is 0.410 e. The van der Waals surface area contributed by atoms with Crippen LogP contribution in [0.25, 0.3) is 0 Å². The normalized spacial score (nSPS) is 22.1. The molecule has 1 aliphatic rings. The zero-order valence-electron chi connectivity index (χ0n) is 16.5. The van der Waals surface area contributed by atoms with E-state index in [9.17, 15) is 13.2 Å². The predicted molar refractivity (Wildman–Crippen MR) is 102 cm³/mol. The monoisotopic (exact) mass is 382 g/mol. The summed E-state index contributed by atoms with van der Waals surface area (Å²) in [4.78, 5) is 14.2. The summed E-state index contributed by atoms with van der Waals surface area (Å²) in [6.07, 6.45) is 0.270. The first kappa shape index (κ1) is 20.7. The van der Waals surface area contributed by atoms with Crippen molar-refractivity contribution in [1.29, 1.82) is 0 Å². The molecule has 0 bridgehead atoms. The third kappa shape index (κ3) is 4.76. The molecule has 1 saturated heterocycles. The van der Waals surface area contributed by atoms with Gasteiger partial charge in [-0.15, -0.1) is 0 Å². The molecule has 0 spiro atoms. The molecule has 6 nitrogen and oxygen atoms in total. The van der Waals surface area contributed by atoms with Crippen LogP contribution in [0.1, 0.15) is 39.7 Å². The highest BCUT2D eigenvalue weighted by Gasteiger charge is 2.38. The summed E-state index contributed by atoms with van der Waals surface area (Å²) < 4.78 is 32.8. The summed E-state index contributed by atoms with van der Waals surface area (Å²) in [5.41, 5.74) is 0.426. The Hall–Kier alpha value is -1.60. The number of nitrogens with zero attached hydrogens (tertiary/aromatic N) is 2. The lowest BCUT2D eigenvalue weighted by Gasteiger charge is -2.41. The van der Waals surface area contributed by atoms with Gasteiger partial charge in [-0.3, -0.25) is 0 Å². The first-order valence-corrected chi connectivity index (χ1v) is 10.4. The van der Waals surface area contributed by atoms with Crippen LogP contribution in [-0.4, -0.2) is 55.5 Å². The summed E-state index contributed by atoms with van der Waals surface area (Å²) in [5.74, 6) is 0.192. The van der Waals surface area contributed by atoms with Gasteiger partial charge in [-0.25, -0.2) is 13.2 Å². The van der Waals surface area contributed by atoms with Crippen LogP contribution in [-0.2, 0) is 14.8 Å². The fourth-order valence-corrected chi connectivity index (χ4v) is 4.54. The Balaban J connectivity index is 2.18. The van der Waals surface area contributed by atoms with Crippen LogP contribution in [0.3, 0.4) is 0 Å². The Bertz CT molecular complexity index is 738. The number of likely N-dealkylation sites (N-methyl/N-ethyl adjacent to an activating group) is 1. The first-order chi connectivity index (χ1) is 11.9. The topological polar surface area (TPSA) is 66.9 Å². The molecule has 1 aromatic rings. The number of hydrogen-bond acceptors (Lipinski definition) is 4. The molecule has 1 amide bonds. The quantitative estimate of drug-likeness (QED) is 0.805. The number of amides is 1. The first-order valence-electron chi connectivity index (χ1n) is 8.94. The van der Waals surface area contributed by atoms with E-state index in [0.29, 0.717) is 13.0 Å². The summed E-state index contributed by atoms with van der Waals surface area (Å²) in [6, 6.07) is 6.64. The highest BCUT2D eigenvalue weighted by Crippen LogP contribution is 2.27. The highest BCUT2D eigenvalue weighted by molar-refractivity contribution is 7.89. The molecule has 0 radical (unpaired) electrons. The molecule has 2 atom stereocenters. The van der Waals surface area contributed by atoms with E-state index >= 15 is 0 Å². The van der Waals surface area contributed by atoms with Crippen LogP contribution in [0.5, 0.6) is 0 Å². The lowest BCUT2D eigenvalue weighted by atomic mass is 9.94. The lowest BCUT2D eigenvalue weighted by Crippen LogP contribution is -2.54. The predicted octanol–water partition coefficient (Wildman–Crippen LogP) is 3.26. The molecular weight excluding hydrogens is 352 g/mol. The molecule has 0 N–H and O–H groups in total. The maximum atomic E-state index is 13.0. The Morgan fingerprint density at radius 1 is 1.23 bits per heavy atom. The second kappa shape index (κ2) is 7.56. The number of carbonyl (C=O) groups excluding carboxylic acids is 1. The number of benzene rings is 1. The van der Waals surface area contributed by atoms with Gasteiger partial charge in [0.1, 0.15) is 5.60 Å². The van der Waals surface area contributed by atoms with Crippen LogP contribution >= 0.6 is 0 Å². The fraction of sp³-hybridized carbons (Fsp3) is 0.632. The van der Waals surface area contributed by atoms with Gasteiger partial charge in [0.05, 0.1) is 10.9 Å². The highest BCUT2D eigenvalue weighted by atomic mass is 32.2. The van der Waals surface area contributed by atoms with Gasteiger partial charge in [0.25, 0.3) is 0 Å². The molecule has 26 heavy (non-hydrogen) atoms. The Labute approximate surface area is 157 Å². The van der Waals surface area contributed by atoms with Crippen molar-refractivity contribution < 1.29 is 17.9 Å². The van der Waals surface area contributed by atoms with Gasteiger partial charge < -0.3 is 9.64 Å². The molecule has 146 valence electrons. The van der Waals surface area contributed by atoms with Crippen molar-refractivity contribution in [2.45, 2.75) is 57.6 Å². The number of hydrogen-bond donors (Lipinski definition) is 0. The number of piperidine rings is 1.